The zero-order valence-electron chi connectivity index (χ0n) is 11.4. The highest BCUT2D eigenvalue weighted by molar-refractivity contribution is 5.97. The lowest BCUT2D eigenvalue weighted by Gasteiger charge is -2.22. The molecule has 1 saturated heterocycles. The molecule has 2 heterocycles. The molecule has 2 amide bonds. The second kappa shape index (κ2) is 4.56. The minimum absolute atomic E-state index is 0.0446. The number of aromatic nitrogens is 2. The van der Waals surface area contributed by atoms with Crippen LogP contribution >= 0.6 is 0 Å². The van der Waals surface area contributed by atoms with E-state index in [1.54, 1.807) is 25.2 Å². The Morgan fingerprint density at radius 2 is 2.21 bits per heavy atom. The first-order valence-electron chi connectivity index (χ1n) is 6.18. The fourth-order valence-corrected chi connectivity index (χ4v) is 2.44. The van der Waals surface area contributed by atoms with Gasteiger partial charge in [0.25, 0.3) is 5.91 Å². The van der Waals surface area contributed by atoms with Gasteiger partial charge in [-0.05, 0) is 13.3 Å². The lowest BCUT2D eigenvalue weighted by Crippen LogP contribution is -2.40. The van der Waals surface area contributed by atoms with Gasteiger partial charge in [-0.25, -0.2) is 0 Å². The number of carbonyl (C=O) groups is 2. The number of rotatable bonds is 2. The van der Waals surface area contributed by atoms with Crippen molar-refractivity contribution in [2.24, 2.45) is 12.5 Å². The van der Waals surface area contributed by atoms with Crippen molar-refractivity contribution in [3.63, 3.8) is 0 Å². The summed E-state index contributed by atoms with van der Waals surface area (Å²) in [5.41, 5.74) is 5.84. The highest BCUT2D eigenvalue weighted by atomic mass is 16.2. The van der Waals surface area contributed by atoms with Crippen molar-refractivity contribution < 1.29 is 9.59 Å². The number of hydrogen-bond donors (Lipinski definition) is 2. The molecule has 0 spiro atoms. The number of nitrogen functional groups attached to an aromatic ring is 1. The van der Waals surface area contributed by atoms with E-state index in [1.165, 1.54) is 4.68 Å². The Morgan fingerprint density at radius 1 is 1.53 bits per heavy atom. The van der Waals surface area contributed by atoms with Crippen molar-refractivity contribution in [1.29, 1.82) is 0 Å². The first-order chi connectivity index (χ1) is 8.87. The van der Waals surface area contributed by atoms with Crippen LogP contribution in [0.15, 0.2) is 6.20 Å². The van der Waals surface area contributed by atoms with E-state index in [-0.39, 0.29) is 17.5 Å². The van der Waals surface area contributed by atoms with Crippen LogP contribution in [0.4, 0.5) is 5.69 Å². The standard InChI is InChI=1S/C12H19N5O2/c1-12(11(19)14-2)4-5-17(7-12)10(18)9-8(13)6-16(3)15-9/h6H,4-5,7,13H2,1-3H3,(H,14,19). The quantitative estimate of drug-likeness (QED) is 0.761. The summed E-state index contributed by atoms with van der Waals surface area (Å²) in [6.07, 6.45) is 2.24. The van der Waals surface area contributed by atoms with E-state index in [9.17, 15) is 9.59 Å². The Kier molecular flexibility index (Phi) is 3.21. The van der Waals surface area contributed by atoms with Gasteiger partial charge in [0.15, 0.2) is 5.69 Å². The van der Waals surface area contributed by atoms with Gasteiger partial charge in [-0.2, -0.15) is 5.10 Å². The molecule has 1 atom stereocenters. The molecule has 1 fully saturated rings. The first-order valence-corrected chi connectivity index (χ1v) is 6.18. The van der Waals surface area contributed by atoms with E-state index in [0.29, 0.717) is 25.2 Å². The van der Waals surface area contributed by atoms with Crippen molar-refractivity contribution in [3.8, 4) is 0 Å². The number of aryl methyl sites for hydroxylation is 1. The molecular formula is C12H19N5O2. The molecule has 0 saturated carbocycles. The van der Waals surface area contributed by atoms with E-state index in [2.05, 4.69) is 10.4 Å². The first kappa shape index (κ1) is 13.4. The van der Waals surface area contributed by atoms with E-state index < -0.39 is 5.41 Å². The molecule has 2 rings (SSSR count). The van der Waals surface area contributed by atoms with Crippen LogP contribution < -0.4 is 11.1 Å². The molecule has 1 aliphatic heterocycles. The van der Waals surface area contributed by atoms with Gasteiger partial charge in [-0.15, -0.1) is 0 Å². The second-order valence-electron chi connectivity index (χ2n) is 5.22. The Balaban J connectivity index is 2.15. The average molecular weight is 265 g/mol. The maximum absolute atomic E-state index is 12.3. The minimum atomic E-state index is -0.534. The van der Waals surface area contributed by atoms with Crippen molar-refractivity contribution in [1.82, 2.24) is 20.0 Å². The lowest BCUT2D eigenvalue weighted by molar-refractivity contribution is -0.128. The molecule has 3 N–H and O–H groups in total. The maximum Gasteiger partial charge on any atom is 0.276 e. The SMILES string of the molecule is CNC(=O)C1(C)CCN(C(=O)c2nn(C)cc2N)C1. The van der Waals surface area contributed by atoms with Gasteiger partial charge < -0.3 is 16.0 Å². The molecule has 7 heteroatoms. The summed E-state index contributed by atoms with van der Waals surface area (Å²) in [7, 11) is 3.32. The molecule has 0 bridgehead atoms. The number of hydrogen-bond acceptors (Lipinski definition) is 4. The fourth-order valence-electron chi connectivity index (χ4n) is 2.44. The molecule has 104 valence electrons. The largest absolute Gasteiger partial charge is 0.396 e. The van der Waals surface area contributed by atoms with Crippen LogP contribution in [0.5, 0.6) is 0 Å². The van der Waals surface area contributed by atoms with E-state index >= 15 is 0 Å². The molecule has 7 nitrogen and oxygen atoms in total. The van der Waals surface area contributed by atoms with Crippen LogP contribution in [0.3, 0.4) is 0 Å². The van der Waals surface area contributed by atoms with Gasteiger partial charge in [-0.1, -0.05) is 0 Å². The monoisotopic (exact) mass is 265 g/mol. The Hall–Kier alpha value is -2.05. The van der Waals surface area contributed by atoms with Crippen LogP contribution in [-0.2, 0) is 11.8 Å². The third kappa shape index (κ3) is 2.27. The zero-order chi connectivity index (χ0) is 14.2. The molecule has 0 radical (unpaired) electrons. The summed E-state index contributed by atoms with van der Waals surface area (Å²) in [6, 6.07) is 0. The molecule has 0 aliphatic carbocycles. The highest BCUT2D eigenvalue weighted by Crippen LogP contribution is 2.31. The van der Waals surface area contributed by atoms with Crippen LogP contribution in [0.1, 0.15) is 23.8 Å². The van der Waals surface area contributed by atoms with Crippen molar-refractivity contribution in [2.45, 2.75) is 13.3 Å². The van der Waals surface area contributed by atoms with Gasteiger partial charge in [0.2, 0.25) is 5.91 Å². The molecule has 19 heavy (non-hydrogen) atoms. The number of anilines is 1. The third-order valence-corrected chi connectivity index (χ3v) is 3.60. The number of amides is 2. The molecule has 1 aromatic rings. The Bertz CT molecular complexity index is 524. The number of nitrogens with one attached hydrogen (secondary N) is 1. The number of nitrogens with zero attached hydrogens (tertiary/aromatic N) is 3. The summed E-state index contributed by atoms with van der Waals surface area (Å²) in [6.45, 7) is 2.79. The average Bonchev–Trinajstić information content (AvgIpc) is 2.92. The van der Waals surface area contributed by atoms with Crippen molar-refractivity contribution >= 4 is 17.5 Å². The summed E-state index contributed by atoms with van der Waals surface area (Å²) in [5, 5.41) is 6.71. The predicted octanol–water partition coefficient (Wildman–Crippen LogP) is -0.399. The van der Waals surface area contributed by atoms with Crippen molar-refractivity contribution in [2.75, 3.05) is 25.9 Å². The van der Waals surface area contributed by atoms with Crippen LogP contribution in [-0.4, -0.2) is 46.6 Å². The van der Waals surface area contributed by atoms with Gasteiger partial charge in [0.05, 0.1) is 11.1 Å². The summed E-state index contributed by atoms with van der Waals surface area (Å²) < 4.78 is 1.51. The van der Waals surface area contributed by atoms with Gasteiger partial charge in [0.1, 0.15) is 0 Å². The lowest BCUT2D eigenvalue weighted by atomic mass is 9.89. The third-order valence-electron chi connectivity index (χ3n) is 3.60. The molecule has 1 aliphatic rings. The summed E-state index contributed by atoms with van der Waals surface area (Å²) in [4.78, 5) is 25.8. The fraction of sp³-hybridized carbons (Fsp3) is 0.583. The zero-order valence-corrected chi connectivity index (χ0v) is 11.4. The van der Waals surface area contributed by atoms with Crippen LogP contribution in [0, 0.1) is 5.41 Å². The normalized spacial score (nSPS) is 22.6. The number of nitrogens with two attached hydrogens (primary N) is 1. The summed E-state index contributed by atoms with van der Waals surface area (Å²) >= 11 is 0. The second-order valence-corrected chi connectivity index (χ2v) is 5.22. The molecule has 1 unspecified atom stereocenters. The van der Waals surface area contributed by atoms with Crippen LogP contribution in [0.2, 0.25) is 0 Å². The molecule has 0 aromatic carbocycles. The van der Waals surface area contributed by atoms with Crippen molar-refractivity contribution in [3.05, 3.63) is 11.9 Å². The van der Waals surface area contributed by atoms with E-state index in [1.807, 2.05) is 6.92 Å². The Morgan fingerprint density at radius 3 is 2.74 bits per heavy atom. The minimum Gasteiger partial charge on any atom is -0.396 e. The van der Waals surface area contributed by atoms with E-state index in [0.717, 1.165) is 0 Å². The molecular weight excluding hydrogens is 246 g/mol. The number of likely N-dealkylation sites (tertiary alicyclic amines) is 1. The topological polar surface area (TPSA) is 93.2 Å². The van der Waals surface area contributed by atoms with Gasteiger partial charge >= 0.3 is 0 Å². The van der Waals surface area contributed by atoms with Gasteiger partial charge in [0, 0.05) is 33.4 Å². The van der Waals surface area contributed by atoms with Gasteiger partial charge in [-0.3, -0.25) is 14.3 Å². The predicted molar refractivity (Wildman–Crippen MR) is 70.3 cm³/mol. The van der Waals surface area contributed by atoms with E-state index in [4.69, 9.17) is 5.73 Å². The summed E-state index contributed by atoms with van der Waals surface area (Å²) in [5.74, 6) is -0.262. The maximum atomic E-state index is 12.3. The number of carbonyl (C=O) groups excluding carboxylic acids is 2. The Labute approximate surface area is 111 Å². The smallest absolute Gasteiger partial charge is 0.276 e. The highest BCUT2D eigenvalue weighted by Gasteiger charge is 2.42. The van der Waals surface area contributed by atoms with Crippen LogP contribution in [0.25, 0.3) is 0 Å². The molecule has 1 aromatic heterocycles.